The number of likely N-dealkylation sites (tertiary alicyclic amines) is 1. The van der Waals surface area contributed by atoms with Crippen LogP contribution in [-0.2, 0) is 9.53 Å². The highest BCUT2D eigenvalue weighted by atomic mass is 16.6. The minimum absolute atomic E-state index is 0.143. The van der Waals surface area contributed by atoms with E-state index in [2.05, 4.69) is 4.85 Å². The first-order valence-corrected chi connectivity index (χ1v) is 10.7. The van der Waals surface area contributed by atoms with Gasteiger partial charge in [-0.3, -0.25) is 4.79 Å². The largest absolute Gasteiger partial charge is 0.485 e. The zero-order valence-electron chi connectivity index (χ0n) is 17.5. The summed E-state index contributed by atoms with van der Waals surface area (Å²) in [6.45, 7) is 13.0. The van der Waals surface area contributed by atoms with Crippen molar-refractivity contribution in [2.75, 3.05) is 19.8 Å². The van der Waals surface area contributed by atoms with Crippen LogP contribution in [0.2, 0.25) is 0 Å². The number of unbranched alkanes of at least 4 members (excludes halogenated alkanes) is 4. The smallest absolute Gasteiger partial charge is 0.223 e. The molecule has 158 valence electrons. The molecule has 3 rings (SSSR count). The monoisotopic (exact) mass is 400 g/mol. The molecule has 0 unspecified atom stereocenters. The first-order valence-electron chi connectivity index (χ1n) is 10.7. The Morgan fingerprint density at radius 3 is 2.72 bits per heavy atom. The molecule has 0 spiro atoms. The van der Waals surface area contributed by atoms with Gasteiger partial charge in [-0.25, -0.2) is 4.85 Å². The van der Waals surface area contributed by atoms with Crippen molar-refractivity contribution < 1.29 is 19.4 Å². The van der Waals surface area contributed by atoms with Gasteiger partial charge in [0.2, 0.25) is 5.91 Å². The quantitative estimate of drug-likeness (QED) is 0.493. The third kappa shape index (κ3) is 4.91. The average Bonchev–Trinajstić information content (AvgIpc) is 3.12. The number of hydrogen-bond donors (Lipinski definition) is 1. The fourth-order valence-electron chi connectivity index (χ4n) is 4.36. The Hall–Kier alpha value is -2.10. The number of carbonyl (C=O) groups is 1. The van der Waals surface area contributed by atoms with E-state index < -0.39 is 5.60 Å². The van der Waals surface area contributed by atoms with Crippen LogP contribution in [0.1, 0.15) is 70.4 Å². The van der Waals surface area contributed by atoms with Gasteiger partial charge >= 0.3 is 0 Å². The van der Waals surface area contributed by atoms with Crippen molar-refractivity contribution in [1.82, 2.24) is 4.90 Å². The molecular formula is C23H32N2O4. The molecular weight excluding hydrogens is 368 g/mol. The predicted molar refractivity (Wildman–Crippen MR) is 111 cm³/mol. The zero-order valence-corrected chi connectivity index (χ0v) is 17.5. The third-order valence-corrected chi connectivity index (χ3v) is 5.83. The maximum Gasteiger partial charge on any atom is 0.223 e. The molecule has 29 heavy (non-hydrogen) atoms. The van der Waals surface area contributed by atoms with Crippen molar-refractivity contribution in [2.24, 2.45) is 0 Å². The fraction of sp³-hybridized carbons (Fsp3) is 0.652. The average molecular weight is 401 g/mol. The number of rotatable bonds is 9. The summed E-state index contributed by atoms with van der Waals surface area (Å²) >= 11 is 0. The molecule has 1 saturated heterocycles. The molecule has 0 saturated carbocycles. The Bertz CT molecular complexity index is 756. The Balaban J connectivity index is 1.80. The molecule has 2 atom stereocenters. The summed E-state index contributed by atoms with van der Waals surface area (Å²) in [5, 5.41) is 8.88. The van der Waals surface area contributed by atoms with Crippen molar-refractivity contribution in [2.45, 2.75) is 76.5 Å². The van der Waals surface area contributed by atoms with Crippen LogP contribution >= 0.6 is 0 Å². The molecule has 0 aromatic heterocycles. The van der Waals surface area contributed by atoms with E-state index in [4.69, 9.17) is 21.2 Å². The van der Waals surface area contributed by atoms with Crippen LogP contribution in [-0.4, -0.2) is 47.4 Å². The van der Waals surface area contributed by atoms with Crippen LogP contribution in [0.15, 0.2) is 18.2 Å². The minimum atomic E-state index is -0.586. The van der Waals surface area contributed by atoms with E-state index in [9.17, 15) is 4.79 Å². The van der Waals surface area contributed by atoms with E-state index in [0.29, 0.717) is 25.3 Å². The predicted octanol–water partition coefficient (Wildman–Crippen LogP) is 4.40. The van der Waals surface area contributed by atoms with Crippen molar-refractivity contribution in [1.29, 1.82) is 0 Å². The van der Waals surface area contributed by atoms with Gasteiger partial charge in [-0.05, 0) is 45.2 Å². The molecule has 0 radical (unpaired) electrons. The van der Waals surface area contributed by atoms with Crippen LogP contribution in [0.4, 0.5) is 5.69 Å². The highest BCUT2D eigenvalue weighted by molar-refractivity contribution is 5.79. The Morgan fingerprint density at radius 2 is 2.03 bits per heavy atom. The van der Waals surface area contributed by atoms with Crippen LogP contribution in [0.25, 0.3) is 4.85 Å². The van der Waals surface area contributed by atoms with E-state index >= 15 is 0 Å². The standard InChI is InChI=1S/C23H32N2O4/c1-23(2)22(28-15-8-6-4-5-7-14-26)21(25-13-9-10-20(25)27)18-16-17(24-3)11-12-19(18)29-23/h11-12,16,21-22,26H,4-10,13-15H2,1-2H3/t21-,22+/m1/s1. The SMILES string of the molecule is [C-]#[N+]c1ccc2c(c1)[C@@H](N1CCCC1=O)[C@H](OCCCCCCCO)C(C)(C)O2. The van der Waals surface area contributed by atoms with Crippen LogP contribution in [0, 0.1) is 6.57 Å². The van der Waals surface area contributed by atoms with Gasteiger partial charge in [0, 0.05) is 31.7 Å². The number of hydrogen-bond acceptors (Lipinski definition) is 4. The van der Waals surface area contributed by atoms with Crippen LogP contribution in [0.3, 0.4) is 0 Å². The van der Waals surface area contributed by atoms with Crippen LogP contribution in [0.5, 0.6) is 5.75 Å². The van der Waals surface area contributed by atoms with Gasteiger partial charge in [-0.1, -0.05) is 25.3 Å². The second kappa shape index (κ2) is 9.60. The Kier molecular flexibility index (Phi) is 7.15. The number of nitrogens with zero attached hydrogens (tertiary/aromatic N) is 2. The Labute approximate surface area is 173 Å². The van der Waals surface area contributed by atoms with E-state index in [0.717, 1.165) is 49.8 Å². The van der Waals surface area contributed by atoms with Crippen molar-refractivity contribution in [3.8, 4) is 5.75 Å². The number of carbonyl (C=O) groups excluding carboxylic acids is 1. The summed E-state index contributed by atoms with van der Waals surface area (Å²) in [6, 6.07) is 5.21. The first kappa shape index (κ1) is 21.6. The van der Waals surface area contributed by atoms with E-state index in [1.165, 1.54) is 0 Å². The lowest BCUT2D eigenvalue weighted by Crippen LogP contribution is -2.55. The molecule has 1 fully saturated rings. The molecule has 0 aliphatic carbocycles. The number of aliphatic hydroxyl groups is 1. The maximum absolute atomic E-state index is 12.6. The molecule has 0 bridgehead atoms. The van der Waals surface area contributed by atoms with Gasteiger partial charge < -0.3 is 19.5 Å². The molecule has 6 nitrogen and oxygen atoms in total. The minimum Gasteiger partial charge on any atom is -0.485 e. The summed E-state index contributed by atoms with van der Waals surface area (Å²) in [4.78, 5) is 18.1. The molecule has 1 amide bonds. The summed E-state index contributed by atoms with van der Waals surface area (Å²) in [5.74, 6) is 0.875. The van der Waals surface area contributed by atoms with Crippen LogP contribution < -0.4 is 4.74 Å². The van der Waals surface area contributed by atoms with Crippen molar-refractivity contribution >= 4 is 11.6 Å². The molecule has 1 aromatic carbocycles. The second-order valence-electron chi connectivity index (χ2n) is 8.46. The molecule has 2 heterocycles. The lowest BCUT2D eigenvalue weighted by molar-refractivity contribution is -0.148. The maximum atomic E-state index is 12.6. The van der Waals surface area contributed by atoms with Crippen molar-refractivity contribution in [3.05, 3.63) is 35.2 Å². The Morgan fingerprint density at radius 1 is 1.28 bits per heavy atom. The van der Waals surface area contributed by atoms with Crippen molar-refractivity contribution in [3.63, 3.8) is 0 Å². The molecule has 6 heteroatoms. The third-order valence-electron chi connectivity index (χ3n) is 5.83. The first-order chi connectivity index (χ1) is 14.0. The number of aliphatic hydroxyl groups excluding tert-OH is 1. The highest BCUT2D eigenvalue weighted by Crippen LogP contribution is 2.46. The number of benzene rings is 1. The van der Waals surface area contributed by atoms with Gasteiger partial charge in [0.1, 0.15) is 17.5 Å². The van der Waals surface area contributed by atoms with Gasteiger partial charge in [-0.2, -0.15) is 0 Å². The summed E-state index contributed by atoms with van der Waals surface area (Å²) < 4.78 is 12.6. The lowest BCUT2D eigenvalue weighted by Gasteiger charge is -2.47. The van der Waals surface area contributed by atoms with Gasteiger partial charge in [0.25, 0.3) is 0 Å². The number of ether oxygens (including phenoxy) is 2. The highest BCUT2D eigenvalue weighted by Gasteiger charge is 2.49. The molecule has 1 N–H and O–H groups in total. The van der Waals surface area contributed by atoms with Gasteiger partial charge in [-0.15, -0.1) is 0 Å². The van der Waals surface area contributed by atoms with E-state index in [-0.39, 0.29) is 24.7 Å². The molecule has 2 aliphatic rings. The second-order valence-corrected chi connectivity index (χ2v) is 8.46. The van der Waals surface area contributed by atoms with E-state index in [1.54, 1.807) is 6.07 Å². The summed E-state index contributed by atoms with van der Waals surface area (Å²) in [5.41, 5.74) is 0.837. The fourth-order valence-corrected chi connectivity index (χ4v) is 4.36. The topological polar surface area (TPSA) is 63.4 Å². The summed E-state index contributed by atoms with van der Waals surface area (Å²) in [6.07, 6.45) is 6.08. The normalized spacial score (nSPS) is 22.8. The lowest BCUT2D eigenvalue weighted by atomic mass is 9.85. The zero-order chi connectivity index (χ0) is 20.9. The molecule has 1 aromatic rings. The number of amides is 1. The molecule has 2 aliphatic heterocycles. The van der Waals surface area contributed by atoms with Gasteiger partial charge in [0.05, 0.1) is 12.6 Å². The van der Waals surface area contributed by atoms with E-state index in [1.807, 2.05) is 30.9 Å². The van der Waals surface area contributed by atoms with Gasteiger partial charge in [0.15, 0.2) is 5.69 Å². The summed E-state index contributed by atoms with van der Waals surface area (Å²) in [7, 11) is 0. The number of fused-ring (bicyclic) bond motifs is 1.